The number of carbonyl (C=O) groups is 2. The van der Waals surface area contributed by atoms with E-state index >= 15 is 0 Å². The topological polar surface area (TPSA) is 73.9 Å². The smallest absolute Gasteiger partial charge is 0.220 e. The van der Waals surface area contributed by atoms with Crippen molar-refractivity contribution < 1.29 is 23.8 Å². The highest BCUT2D eigenvalue weighted by atomic mass is 35.5. The Morgan fingerprint density at radius 2 is 1.69 bits per heavy atom. The number of hydrogen-bond donors (Lipinski definition) is 1. The molecular weight excluding hydrogens is 378 g/mol. The summed E-state index contributed by atoms with van der Waals surface area (Å²) in [7, 11) is 4.59. The molecule has 0 radical (unpaired) electrons. The molecule has 8 heteroatoms. The van der Waals surface area contributed by atoms with Crippen molar-refractivity contribution in [3.63, 3.8) is 0 Å². The summed E-state index contributed by atoms with van der Waals surface area (Å²) >= 11 is 7.03. The molecule has 2 rings (SSSR count). The van der Waals surface area contributed by atoms with E-state index in [1.54, 1.807) is 24.3 Å². The molecule has 140 valence electrons. The summed E-state index contributed by atoms with van der Waals surface area (Å²) < 4.78 is 16.4. The highest BCUT2D eigenvalue weighted by molar-refractivity contribution is 7.18. The van der Waals surface area contributed by atoms with Crippen LogP contribution in [0.1, 0.15) is 28.1 Å². The van der Waals surface area contributed by atoms with Crippen LogP contribution in [-0.4, -0.2) is 33.0 Å². The van der Waals surface area contributed by atoms with E-state index < -0.39 is 0 Å². The number of Topliss-reactive ketones (excluding diaryl/α,β-unsaturated/α-hetero) is 1. The van der Waals surface area contributed by atoms with Crippen molar-refractivity contribution in [1.82, 2.24) is 5.32 Å². The van der Waals surface area contributed by atoms with Gasteiger partial charge in [0.1, 0.15) is 0 Å². The van der Waals surface area contributed by atoms with Gasteiger partial charge in [-0.2, -0.15) is 0 Å². The van der Waals surface area contributed by atoms with Gasteiger partial charge in [-0.1, -0.05) is 11.6 Å². The number of nitrogens with one attached hydrogen (secondary N) is 1. The maximum absolute atomic E-state index is 12.0. The first-order valence-electron chi connectivity index (χ1n) is 7.82. The van der Waals surface area contributed by atoms with Gasteiger partial charge in [0.2, 0.25) is 11.7 Å². The van der Waals surface area contributed by atoms with Crippen molar-refractivity contribution in [2.45, 2.75) is 19.4 Å². The first-order valence-corrected chi connectivity index (χ1v) is 9.02. The third kappa shape index (κ3) is 5.12. The van der Waals surface area contributed by atoms with E-state index in [-0.39, 0.29) is 31.1 Å². The Kier molecular flexibility index (Phi) is 7.29. The average Bonchev–Trinajstić information content (AvgIpc) is 3.09. The fourth-order valence-corrected chi connectivity index (χ4v) is 3.35. The van der Waals surface area contributed by atoms with E-state index in [0.29, 0.717) is 26.5 Å². The van der Waals surface area contributed by atoms with E-state index in [0.717, 1.165) is 5.56 Å². The Labute approximate surface area is 161 Å². The molecule has 0 fully saturated rings. The number of methoxy groups -OCH3 is 3. The summed E-state index contributed by atoms with van der Waals surface area (Å²) in [5.74, 6) is 1.21. The molecule has 0 spiro atoms. The predicted molar refractivity (Wildman–Crippen MR) is 101 cm³/mol. The van der Waals surface area contributed by atoms with Gasteiger partial charge in [0.05, 0.1) is 30.5 Å². The third-order valence-corrected chi connectivity index (χ3v) is 4.91. The number of halogens is 1. The molecule has 1 N–H and O–H groups in total. The lowest BCUT2D eigenvalue weighted by Crippen LogP contribution is -2.23. The summed E-state index contributed by atoms with van der Waals surface area (Å²) in [6, 6.07) is 6.87. The molecule has 1 amide bonds. The van der Waals surface area contributed by atoms with E-state index in [2.05, 4.69) is 5.32 Å². The first-order chi connectivity index (χ1) is 12.5. The lowest BCUT2D eigenvalue weighted by atomic mass is 10.1. The van der Waals surface area contributed by atoms with Crippen molar-refractivity contribution in [1.29, 1.82) is 0 Å². The second kappa shape index (κ2) is 9.45. The molecule has 1 aromatic heterocycles. The van der Waals surface area contributed by atoms with Crippen molar-refractivity contribution in [3.8, 4) is 17.2 Å². The molecule has 6 nitrogen and oxygen atoms in total. The van der Waals surface area contributed by atoms with Crippen molar-refractivity contribution in [2.75, 3.05) is 21.3 Å². The van der Waals surface area contributed by atoms with Crippen LogP contribution < -0.4 is 19.5 Å². The number of benzene rings is 1. The van der Waals surface area contributed by atoms with Crippen molar-refractivity contribution >= 4 is 34.6 Å². The Morgan fingerprint density at radius 3 is 2.19 bits per heavy atom. The molecule has 1 heterocycles. The minimum atomic E-state index is -0.213. The van der Waals surface area contributed by atoms with Gasteiger partial charge in [-0.05, 0) is 29.8 Å². The number of hydrogen-bond acceptors (Lipinski definition) is 6. The number of carbonyl (C=O) groups excluding carboxylic acids is 2. The fraction of sp³-hybridized carbons (Fsp3) is 0.333. The largest absolute Gasteiger partial charge is 0.493 e. The zero-order chi connectivity index (χ0) is 19.1. The summed E-state index contributed by atoms with van der Waals surface area (Å²) in [6.45, 7) is 0.286. The zero-order valence-electron chi connectivity index (χ0n) is 14.8. The van der Waals surface area contributed by atoms with Gasteiger partial charge in [0.15, 0.2) is 17.3 Å². The van der Waals surface area contributed by atoms with Gasteiger partial charge < -0.3 is 19.5 Å². The lowest BCUT2D eigenvalue weighted by molar-refractivity contribution is -0.121. The van der Waals surface area contributed by atoms with Gasteiger partial charge in [-0.25, -0.2) is 0 Å². The van der Waals surface area contributed by atoms with Crippen LogP contribution in [0.25, 0.3) is 0 Å². The molecule has 1 aromatic carbocycles. The van der Waals surface area contributed by atoms with Crippen LogP contribution in [0, 0.1) is 0 Å². The molecule has 0 saturated heterocycles. The SMILES string of the molecule is COc1cc(CNC(=O)CCC(=O)c2ccc(Cl)s2)cc(OC)c1OC. The Hall–Kier alpha value is -2.25. The highest BCUT2D eigenvalue weighted by Gasteiger charge is 2.14. The van der Waals surface area contributed by atoms with Crippen LogP contribution >= 0.6 is 22.9 Å². The van der Waals surface area contributed by atoms with Crippen LogP contribution in [0.3, 0.4) is 0 Å². The molecule has 26 heavy (non-hydrogen) atoms. The van der Waals surface area contributed by atoms with E-state index in [4.69, 9.17) is 25.8 Å². The minimum absolute atomic E-state index is 0.0927. The quantitative estimate of drug-likeness (QED) is 0.653. The summed E-state index contributed by atoms with van der Waals surface area (Å²) in [5.41, 5.74) is 0.796. The molecule has 0 unspecified atom stereocenters. The summed E-state index contributed by atoms with van der Waals surface area (Å²) in [4.78, 5) is 24.6. The average molecular weight is 398 g/mol. The van der Waals surface area contributed by atoms with E-state index in [1.165, 1.54) is 32.7 Å². The molecule has 0 aliphatic rings. The highest BCUT2D eigenvalue weighted by Crippen LogP contribution is 2.38. The molecule has 0 aliphatic heterocycles. The van der Waals surface area contributed by atoms with Gasteiger partial charge in [0, 0.05) is 19.4 Å². The van der Waals surface area contributed by atoms with Crippen LogP contribution in [0.15, 0.2) is 24.3 Å². The van der Waals surface area contributed by atoms with Crippen molar-refractivity contribution in [3.05, 3.63) is 39.0 Å². The molecule has 0 aliphatic carbocycles. The normalized spacial score (nSPS) is 10.3. The number of rotatable bonds is 9. The zero-order valence-corrected chi connectivity index (χ0v) is 16.3. The number of ketones is 1. The van der Waals surface area contributed by atoms with Gasteiger partial charge in [-0.15, -0.1) is 11.3 Å². The third-order valence-electron chi connectivity index (χ3n) is 3.64. The van der Waals surface area contributed by atoms with Crippen LogP contribution in [0.2, 0.25) is 4.34 Å². The summed E-state index contributed by atoms with van der Waals surface area (Å²) in [5, 5.41) is 2.79. The first kappa shape index (κ1) is 20.1. The van der Waals surface area contributed by atoms with Gasteiger partial charge in [-0.3, -0.25) is 9.59 Å². The predicted octanol–water partition coefficient (Wildman–Crippen LogP) is 3.71. The Morgan fingerprint density at radius 1 is 1.04 bits per heavy atom. The second-order valence-corrected chi connectivity index (χ2v) is 7.05. The maximum atomic E-state index is 12.0. The van der Waals surface area contributed by atoms with Gasteiger partial charge >= 0.3 is 0 Å². The van der Waals surface area contributed by atoms with Crippen LogP contribution in [-0.2, 0) is 11.3 Å². The number of thiophene rings is 1. The van der Waals surface area contributed by atoms with Crippen LogP contribution in [0.5, 0.6) is 17.2 Å². The van der Waals surface area contributed by atoms with E-state index in [1.807, 2.05) is 0 Å². The molecule has 0 bridgehead atoms. The van der Waals surface area contributed by atoms with Crippen molar-refractivity contribution in [2.24, 2.45) is 0 Å². The lowest BCUT2D eigenvalue weighted by Gasteiger charge is -2.14. The summed E-state index contributed by atoms with van der Waals surface area (Å²) in [6.07, 6.45) is 0.247. The number of amides is 1. The number of ether oxygens (including phenoxy) is 3. The monoisotopic (exact) mass is 397 g/mol. The molecule has 2 aromatic rings. The fourth-order valence-electron chi connectivity index (χ4n) is 2.34. The standard InChI is InChI=1S/C18H20ClNO5S/c1-23-13-8-11(9-14(24-2)18(13)25-3)10-20-17(22)7-4-12(21)15-5-6-16(19)26-15/h5-6,8-9H,4,7,10H2,1-3H3,(H,20,22). The Bertz CT molecular complexity index is 765. The molecule has 0 atom stereocenters. The van der Waals surface area contributed by atoms with E-state index in [9.17, 15) is 9.59 Å². The van der Waals surface area contributed by atoms with Gasteiger partial charge in [0.25, 0.3) is 0 Å². The maximum Gasteiger partial charge on any atom is 0.220 e. The molecular formula is C18H20ClNO5S. The Balaban J connectivity index is 1.91. The van der Waals surface area contributed by atoms with Crippen LogP contribution in [0.4, 0.5) is 0 Å². The second-order valence-electron chi connectivity index (χ2n) is 5.34. The minimum Gasteiger partial charge on any atom is -0.493 e. The molecule has 0 saturated carbocycles.